The van der Waals surface area contributed by atoms with Gasteiger partial charge < -0.3 is 15.7 Å². The first-order chi connectivity index (χ1) is 8.40. The van der Waals surface area contributed by atoms with E-state index in [0.717, 1.165) is 45.1 Å². The lowest BCUT2D eigenvalue weighted by atomic mass is 9.71. The highest BCUT2D eigenvalue weighted by Gasteiger charge is 2.37. The van der Waals surface area contributed by atoms with Crippen LogP contribution in [0.25, 0.3) is 0 Å². The van der Waals surface area contributed by atoms with Crippen molar-refractivity contribution in [2.45, 2.75) is 64.0 Å². The van der Waals surface area contributed by atoms with E-state index in [1.807, 2.05) is 0 Å². The molecule has 0 bridgehead atoms. The van der Waals surface area contributed by atoms with Gasteiger partial charge in [0, 0.05) is 6.54 Å². The van der Waals surface area contributed by atoms with E-state index in [4.69, 9.17) is 0 Å². The summed E-state index contributed by atoms with van der Waals surface area (Å²) in [6, 6.07) is -0.0476. The molecule has 1 heterocycles. The van der Waals surface area contributed by atoms with Gasteiger partial charge in [-0.2, -0.15) is 0 Å². The molecule has 1 aliphatic heterocycles. The van der Waals surface area contributed by atoms with Gasteiger partial charge in [0.1, 0.15) is 0 Å². The molecule has 3 N–H and O–H groups in total. The summed E-state index contributed by atoms with van der Waals surface area (Å²) in [7, 11) is 0. The second-order valence-electron chi connectivity index (χ2n) is 6.76. The molecular weight excluding hydrogens is 228 g/mol. The highest BCUT2D eigenvalue weighted by Crippen LogP contribution is 2.39. The molecule has 2 rings (SSSR count). The van der Waals surface area contributed by atoms with Crippen LogP contribution in [0, 0.1) is 5.41 Å². The Kier molecular flexibility index (Phi) is 3.97. The molecule has 0 spiro atoms. The first-order valence-electron chi connectivity index (χ1n) is 7.14. The van der Waals surface area contributed by atoms with Gasteiger partial charge in [-0.05, 0) is 50.5 Å². The van der Waals surface area contributed by atoms with Crippen molar-refractivity contribution in [1.29, 1.82) is 0 Å². The molecule has 2 fully saturated rings. The average molecular weight is 254 g/mol. The Hall–Kier alpha value is -0.610. The van der Waals surface area contributed by atoms with Crippen molar-refractivity contribution in [3.8, 4) is 0 Å². The summed E-state index contributed by atoms with van der Waals surface area (Å²) in [4.78, 5) is 11.9. The van der Waals surface area contributed by atoms with E-state index in [0.29, 0.717) is 12.0 Å². The molecule has 2 aliphatic rings. The molecule has 104 valence electrons. The van der Waals surface area contributed by atoms with Crippen LogP contribution in [-0.4, -0.2) is 35.7 Å². The maximum absolute atomic E-state index is 11.9. The molecule has 4 heteroatoms. The lowest BCUT2D eigenvalue weighted by Crippen LogP contribution is -2.50. The summed E-state index contributed by atoms with van der Waals surface area (Å²) in [5.74, 6) is 0.0470. The zero-order valence-electron chi connectivity index (χ0n) is 11.6. The van der Waals surface area contributed by atoms with Crippen LogP contribution in [0.5, 0.6) is 0 Å². The van der Waals surface area contributed by atoms with Gasteiger partial charge in [0.25, 0.3) is 0 Å². The van der Waals surface area contributed by atoms with E-state index in [1.165, 1.54) is 0 Å². The predicted octanol–water partition coefficient (Wildman–Crippen LogP) is 1.19. The van der Waals surface area contributed by atoms with Crippen molar-refractivity contribution in [3.05, 3.63) is 0 Å². The molecule has 1 saturated carbocycles. The van der Waals surface area contributed by atoms with Crippen molar-refractivity contribution in [1.82, 2.24) is 10.6 Å². The summed E-state index contributed by atoms with van der Waals surface area (Å²) in [5, 5.41) is 16.5. The lowest BCUT2D eigenvalue weighted by molar-refractivity contribution is -0.124. The van der Waals surface area contributed by atoms with Gasteiger partial charge in [-0.25, -0.2) is 0 Å². The second kappa shape index (κ2) is 5.17. The largest absolute Gasteiger partial charge is 0.388 e. The van der Waals surface area contributed by atoms with Gasteiger partial charge in [-0.15, -0.1) is 0 Å². The average Bonchev–Trinajstić information content (AvgIpc) is 2.85. The summed E-state index contributed by atoms with van der Waals surface area (Å²) in [6.07, 6.45) is 5.62. The Morgan fingerprint density at radius 3 is 2.56 bits per heavy atom. The van der Waals surface area contributed by atoms with Crippen molar-refractivity contribution in [2.24, 2.45) is 5.41 Å². The predicted molar refractivity (Wildman–Crippen MR) is 71.2 cm³/mol. The van der Waals surface area contributed by atoms with Crippen molar-refractivity contribution in [2.75, 3.05) is 13.1 Å². The van der Waals surface area contributed by atoms with Crippen LogP contribution in [0.15, 0.2) is 0 Å². The highest BCUT2D eigenvalue weighted by molar-refractivity contribution is 5.82. The topological polar surface area (TPSA) is 61.4 Å². The maximum Gasteiger partial charge on any atom is 0.237 e. The van der Waals surface area contributed by atoms with Crippen LogP contribution in [0.2, 0.25) is 0 Å². The molecule has 0 unspecified atom stereocenters. The van der Waals surface area contributed by atoms with Gasteiger partial charge in [-0.3, -0.25) is 4.79 Å². The molecule has 0 radical (unpaired) electrons. The van der Waals surface area contributed by atoms with Gasteiger partial charge in [0.15, 0.2) is 0 Å². The Labute approximate surface area is 110 Å². The zero-order chi connectivity index (χ0) is 13.2. The maximum atomic E-state index is 11.9. The quantitative estimate of drug-likeness (QED) is 0.709. The van der Waals surface area contributed by atoms with Gasteiger partial charge in [0.2, 0.25) is 5.91 Å². The Balaban J connectivity index is 1.77. The molecule has 1 saturated heterocycles. The molecule has 0 aromatic rings. The molecule has 18 heavy (non-hydrogen) atoms. The SMILES string of the molecule is CC1(C)CCC(O)(CNC(=O)[C@H]2CCCN2)CC1. The third-order valence-corrected chi connectivity index (χ3v) is 4.50. The van der Waals surface area contributed by atoms with Gasteiger partial charge >= 0.3 is 0 Å². The first-order valence-corrected chi connectivity index (χ1v) is 7.14. The number of carbonyl (C=O) groups excluding carboxylic acids is 1. The lowest BCUT2D eigenvalue weighted by Gasteiger charge is -2.40. The fourth-order valence-electron chi connectivity index (χ4n) is 2.85. The van der Waals surface area contributed by atoms with E-state index >= 15 is 0 Å². The summed E-state index contributed by atoms with van der Waals surface area (Å²) in [5.41, 5.74) is -0.354. The Morgan fingerprint density at radius 2 is 2.00 bits per heavy atom. The van der Waals surface area contributed by atoms with E-state index in [9.17, 15) is 9.90 Å². The smallest absolute Gasteiger partial charge is 0.237 e. The molecule has 4 nitrogen and oxygen atoms in total. The standard InChI is InChI=1S/C14H26N2O2/c1-13(2)5-7-14(18,8-6-13)10-16-12(17)11-4-3-9-15-11/h11,15,18H,3-10H2,1-2H3,(H,16,17)/t11-/m1/s1. The van der Waals surface area contributed by atoms with E-state index in [-0.39, 0.29) is 11.9 Å². The molecule has 1 aliphatic carbocycles. The number of hydrogen-bond donors (Lipinski definition) is 3. The van der Waals surface area contributed by atoms with Crippen LogP contribution < -0.4 is 10.6 Å². The third-order valence-electron chi connectivity index (χ3n) is 4.50. The summed E-state index contributed by atoms with van der Waals surface area (Å²) >= 11 is 0. The van der Waals surface area contributed by atoms with Crippen LogP contribution in [-0.2, 0) is 4.79 Å². The third kappa shape index (κ3) is 3.45. The van der Waals surface area contributed by atoms with E-state index in [1.54, 1.807) is 0 Å². The van der Waals surface area contributed by atoms with E-state index < -0.39 is 5.60 Å². The number of amides is 1. The van der Waals surface area contributed by atoms with Crippen molar-refractivity contribution in [3.63, 3.8) is 0 Å². The molecule has 1 atom stereocenters. The number of carbonyl (C=O) groups is 1. The second-order valence-corrected chi connectivity index (χ2v) is 6.76. The van der Waals surface area contributed by atoms with Gasteiger partial charge in [-0.1, -0.05) is 13.8 Å². The monoisotopic (exact) mass is 254 g/mol. The van der Waals surface area contributed by atoms with Crippen molar-refractivity contribution >= 4 is 5.91 Å². The minimum Gasteiger partial charge on any atom is -0.388 e. The molecule has 1 amide bonds. The minimum atomic E-state index is -0.691. The fraction of sp³-hybridized carbons (Fsp3) is 0.929. The van der Waals surface area contributed by atoms with Gasteiger partial charge in [0.05, 0.1) is 11.6 Å². The number of rotatable bonds is 3. The van der Waals surface area contributed by atoms with Crippen LogP contribution >= 0.6 is 0 Å². The van der Waals surface area contributed by atoms with E-state index in [2.05, 4.69) is 24.5 Å². The normalized spacial score (nSPS) is 30.1. The minimum absolute atomic E-state index is 0.0470. The van der Waals surface area contributed by atoms with Crippen LogP contribution in [0.3, 0.4) is 0 Å². The van der Waals surface area contributed by atoms with Crippen LogP contribution in [0.4, 0.5) is 0 Å². The number of hydrogen-bond acceptors (Lipinski definition) is 3. The summed E-state index contributed by atoms with van der Waals surface area (Å²) < 4.78 is 0. The number of aliphatic hydroxyl groups is 1. The fourth-order valence-corrected chi connectivity index (χ4v) is 2.85. The molecule has 0 aromatic heterocycles. The van der Waals surface area contributed by atoms with Crippen LogP contribution in [0.1, 0.15) is 52.4 Å². The summed E-state index contributed by atoms with van der Waals surface area (Å²) in [6.45, 7) is 5.82. The Bertz CT molecular complexity index is 299. The number of nitrogens with one attached hydrogen (secondary N) is 2. The highest BCUT2D eigenvalue weighted by atomic mass is 16.3. The van der Waals surface area contributed by atoms with Crippen molar-refractivity contribution < 1.29 is 9.90 Å². The first kappa shape index (κ1) is 13.8. The zero-order valence-corrected chi connectivity index (χ0v) is 11.6. The molecule has 0 aromatic carbocycles. The Morgan fingerprint density at radius 1 is 1.33 bits per heavy atom. The molecular formula is C14H26N2O2.